The molecule has 0 fully saturated rings. The van der Waals surface area contributed by atoms with E-state index >= 15 is 0 Å². The molecule has 1 atom stereocenters. The Hall–Kier alpha value is -0.506. The van der Waals surface area contributed by atoms with Crippen LogP contribution in [0.1, 0.15) is 74.1 Å². The van der Waals surface area contributed by atoms with Crippen LogP contribution in [-0.2, 0) is 8.85 Å². The van der Waals surface area contributed by atoms with Gasteiger partial charge >= 0.3 is 9.28 Å². The molecule has 0 bridgehead atoms. The molecule has 0 amide bonds. The van der Waals surface area contributed by atoms with Crippen LogP contribution < -0.4 is 5.19 Å². The Morgan fingerprint density at radius 2 is 1.39 bits per heavy atom. The first-order valence-electron chi connectivity index (χ1n) is 12.5. The third-order valence-corrected chi connectivity index (χ3v) is 10.3. The molecule has 1 aromatic carbocycles. The largest absolute Gasteiger partial charge is 0.394 e. The van der Waals surface area contributed by atoms with Crippen molar-refractivity contribution >= 4 is 24.0 Å². The van der Waals surface area contributed by atoms with E-state index in [1.165, 1.54) is 30.9 Å². The molecule has 177 valence electrons. The summed E-state index contributed by atoms with van der Waals surface area (Å²) in [4.78, 5) is 5.24. The van der Waals surface area contributed by atoms with Crippen LogP contribution in [0.4, 0.5) is 0 Å². The molecule has 0 aliphatic carbocycles. The lowest BCUT2D eigenvalue weighted by Crippen LogP contribution is -2.48. The van der Waals surface area contributed by atoms with E-state index in [0.717, 1.165) is 42.3 Å². The van der Waals surface area contributed by atoms with Crippen molar-refractivity contribution in [2.24, 2.45) is 0 Å². The zero-order chi connectivity index (χ0) is 23.1. The van der Waals surface area contributed by atoms with E-state index in [4.69, 9.17) is 8.85 Å². The van der Waals surface area contributed by atoms with Gasteiger partial charge in [0.2, 0.25) is 0 Å². The molecular weight excluding hydrogens is 416 g/mol. The quantitative estimate of drug-likeness (QED) is 0.176. The van der Waals surface area contributed by atoms with Crippen LogP contribution in [0, 0.1) is 0 Å². The van der Waals surface area contributed by atoms with E-state index in [-0.39, 0.29) is 6.10 Å². The molecule has 0 spiro atoms. The number of unbranched alkanes of at least 4 members (excludes halogenated alkanes) is 1. The standard InChI is InChI=1S/C25H47N2O2Si2/c1-8-26(9-2)24(27(10-3)11-4)20-16-17-21-25(30-23-18-14-13-15-19-23)31(28-12-5)29-22(6)7/h13-15,18-19,22,24-25H,8-12,16-17,20-21H2,1-7H3. The third-order valence-electron chi connectivity index (χ3n) is 5.71. The minimum Gasteiger partial charge on any atom is -0.394 e. The lowest BCUT2D eigenvalue weighted by molar-refractivity contribution is 0.0482. The zero-order valence-electron chi connectivity index (χ0n) is 21.2. The fourth-order valence-corrected chi connectivity index (χ4v) is 8.32. The summed E-state index contributed by atoms with van der Waals surface area (Å²) >= 11 is 0. The van der Waals surface area contributed by atoms with Gasteiger partial charge < -0.3 is 8.85 Å². The number of nitrogens with zero attached hydrogens (tertiary/aromatic N) is 2. The maximum absolute atomic E-state index is 6.32. The molecule has 4 nitrogen and oxygen atoms in total. The molecule has 0 heterocycles. The molecule has 1 aromatic rings. The second kappa shape index (κ2) is 17.0. The van der Waals surface area contributed by atoms with Crippen molar-refractivity contribution in [3.63, 3.8) is 0 Å². The minimum atomic E-state index is -1.29. The maximum atomic E-state index is 6.32. The van der Waals surface area contributed by atoms with E-state index in [1.807, 2.05) is 0 Å². The fraction of sp³-hybridized carbons (Fsp3) is 0.760. The Morgan fingerprint density at radius 3 is 1.87 bits per heavy atom. The molecular formula is C25H47N2O2Si2. The molecule has 3 radical (unpaired) electrons. The Bertz CT molecular complexity index is 528. The van der Waals surface area contributed by atoms with Crippen LogP contribution in [0.5, 0.6) is 0 Å². The van der Waals surface area contributed by atoms with Crippen LogP contribution in [0.3, 0.4) is 0 Å². The zero-order valence-corrected chi connectivity index (χ0v) is 23.2. The van der Waals surface area contributed by atoms with Crippen molar-refractivity contribution in [2.45, 2.75) is 91.6 Å². The molecule has 1 rings (SSSR count). The highest BCUT2D eigenvalue weighted by Gasteiger charge is 2.30. The number of benzene rings is 1. The summed E-state index contributed by atoms with van der Waals surface area (Å²) in [5.41, 5.74) is 0. The average molecular weight is 464 g/mol. The van der Waals surface area contributed by atoms with Crippen molar-refractivity contribution in [1.82, 2.24) is 9.80 Å². The molecule has 0 aromatic heterocycles. The monoisotopic (exact) mass is 463 g/mol. The maximum Gasteiger partial charge on any atom is 0.385 e. The van der Waals surface area contributed by atoms with Gasteiger partial charge in [-0.2, -0.15) is 0 Å². The summed E-state index contributed by atoms with van der Waals surface area (Å²) in [6.45, 7) is 20.7. The van der Waals surface area contributed by atoms with Crippen LogP contribution in [0.25, 0.3) is 0 Å². The van der Waals surface area contributed by atoms with Gasteiger partial charge in [-0.15, -0.1) is 0 Å². The first-order valence-corrected chi connectivity index (χ1v) is 14.9. The van der Waals surface area contributed by atoms with Crippen molar-refractivity contribution in [1.29, 1.82) is 0 Å². The van der Waals surface area contributed by atoms with Gasteiger partial charge in [-0.3, -0.25) is 9.80 Å². The van der Waals surface area contributed by atoms with Gasteiger partial charge in [-0.1, -0.05) is 82.5 Å². The number of rotatable bonds is 18. The van der Waals surface area contributed by atoms with Gasteiger partial charge in [0.05, 0.1) is 15.7 Å². The van der Waals surface area contributed by atoms with Crippen LogP contribution in [0.15, 0.2) is 30.3 Å². The lowest BCUT2D eigenvalue weighted by atomic mass is 10.1. The SMILES string of the molecule is CCO[Si](OC(C)C)C(CCCCC(N(CC)CC)N(CC)CC)[Si]c1ccccc1. The van der Waals surface area contributed by atoms with E-state index in [9.17, 15) is 0 Å². The van der Waals surface area contributed by atoms with Gasteiger partial charge in [0.25, 0.3) is 0 Å². The molecule has 31 heavy (non-hydrogen) atoms. The minimum absolute atomic E-state index is 0.221. The molecule has 0 aliphatic heterocycles. The summed E-state index contributed by atoms with van der Waals surface area (Å²) in [6.07, 6.45) is 5.72. The second-order valence-electron chi connectivity index (χ2n) is 8.19. The normalized spacial score (nSPS) is 13.3. The Kier molecular flexibility index (Phi) is 15.7. The Balaban J connectivity index is 2.79. The van der Waals surface area contributed by atoms with E-state index < -0.39 is 9.28 Å². The Labute approximate surface area is 197 Å². The van der Waals surface area contributed by atoms with E-state index in [0.29, 0.717) is 11.3 Å². The fourth-order valence-electron chi connectivity index (χ4n) is 4.14. The average Bonchev–Trinajstić information content (AvgIpc) is 2.77. The lowest BCUT2D eigenvalue weighted by Gasteiger charge is -2.38. The highest BCUT2D eigenvalue weighted by molar-refractivity contribution is 6.70. The van der Waals surface area contributed by atoms with Crippen molar-refractivity contribution in [2.75, 3.05) is 32.8 Å². The number of hydrogen-bond donors (Lipinski definition) is 0. The summed E-state index contributed by atoms with van der Waals surface area (Å²) in [5.74, 6) is 0. The van der Waals surface area contributed by atoms with Gasteiger partial charge in [-0.05, 0) is 53.4 Å². The highest BCUT2D eigenvalue weighted by atomic mass is 28.3. The smallest absolute Gasteiger partial charge is 0.385 e. The van der Waals surface area contributed by atoms with Gasteiger partial charge in [-0.25, -0.2) is 0 Å². The van der Waals surface area contributed by atoms with Crippen molar-refractivity contribution in [3.8, 4) is 0 Å². The van der Waals surface area contributed by atoms with Crippen LogP contribution >= 0.6 is 0 Å². The predicted octanol–water partition coefficient (Wildman–Crippen LogP) is 4.86. The van der Waals surface area contributed by atoms with Crippen LogP contribution in [-0.4, -0.2) is 73.7 Å². The predicted molar refractivity (Wildman–Crippen MR) is 137 cm³/mol. The summed E-state index contributed by atoms with van der Waals surface area (Å²) in [6, 6.07) is 10.9. The summed E-state index contributed by atoms with van der Waals surface area (Å²) in [5, 5.41) is 1.93. The van der Waals surface area contributed by atoms with Gasteiger partial charge in [0.15, 0.2) is 0 Å². The molecule has 0 saturated carbocycles. The molecule has 0 aliphatic rings. The summed E-state index contributed by atoms with van der Waals surface area (Å²) < 4.78 is 12.5. The molecule has 0 N–H and O–H groups in total. The molecule has 1 unspecified atom stereocenters. The van der Waals surface area contributed by atoms with E-state index in [1.54, 1.807) is 0 Å². The molecule has 6 heteroatoms. The van der Waals surface area contributed by atoms with Crippen LogP contribution in [0.2, 0.25) is 5.16 Å². The Morgan fingerprint density at radius 1 is 0.839 bits per heavy atom. The first kappa shape index (κ1) is 28.5. The van der Waals surface area contributed by atoms with Crippen molar-refractivity contribution in [3.05, 3.63) is 30.3 Å². The van der Waals surface area contributed by atoms with E-state index in [2.05, 4.69) is 88.6 Å². The topological polar surface area (TPSA) is 24.9 Å². The second-order valence-corrected chi connectivity index (χ2v) is 12.2. The summed E-state index contributed by atoms with van der Waals surface area (Å²) in [7, 11) is -0.534. The van der Waals surface area contributed by atoms with Gasteiger partial charge in [0.1, 0.15) is 0 Å². The van der Waals surface area contributed by atoms with Crippen molar-refractivity contribution < 1.29 is 8.85 Å². The first-order chi connectivity index (χ1) is 15.0. The van der Waals surface area contributed by atoms with Gasteiger partial charge in [0, 0.05) is 17.9 Å². The third kappa shape index (κ3) is 10.8. The number of hydrogen-bond acceptors (Lipinski definition) is 4. The molecule has 0 saturated heterocycles. The highest BCUT2D eigenvalue weighted by Crippen LogP contribution is 2.23.